The molecule has 112 valence electrons. The second-order valence-electron chi connectivity index (χ2n) is 5.11. The van der Waals surface area contributed by atoms with Crippen LogP contribution in [0.5, 0.6) is 5.75 Å². The molecule has 0 radical (unpaired) electrons. The van der Waals surface area contributed by atoms with E-state index in [1.807, 2.05) is 12.1 Å². The van der Waals surface area contributed by atoms with Crippen LogP contribution in [0.2, 0.25) is 5.02 Å². The van der Waals surface area contributed by atoms with Crippen molar-refractivity contribution >= 4 is 43.5 Å². The SMILES string of the molecule is COc1c(Br)cc(Cl)cc1C(Br)Cc1cc(C)ccc1C. The van der Waals surface area contributed by atoms with Crippen molar-refractivity contribution in [2.75, 3.05) is 7.11 Å². The molecule has 0 spiro atoms. The van der Waals surface area contributed by atoms with Gasteiger partial charge in [0.15, 0.2) is 0 Å². The maximum absolute atomic E-state index is 6.18. The molecule has 1 unspecified atom stereocenters. The van der Waals surface area contributed by atoms with Gasteiger partial charge in [-0.15, -0.1) is 0 Å². The van der Waals surface area contributed by atoms with Gasteiger partial charge >= 0.3 is 0 Å². The van der Waals surface area contributed by atoms with Crippen LogP contribution in [-0.2, 0) is 6.42 Å². The zero-order valence-corrected chi connectivity index (χ0v) is 16.1. The molecule has 2 aromatic rings. The number of benzene rings is 2. The molecule has 0 bridgehead atoms. The number of halogens is 3. The first-order chi connectivity index (χ1) is 9.92. The number of rotatable bonds is 4. The van der Waals surface area contributed by atoms with Crippen LogP contribution in [0.4, 0.5) is 0 Å². The molecule has 0 aromatic heterocycles. The third kappa shape index (κ3) is 4.02. The van der Waals surface area contributed by atoms with Crippen LogP contribution in [0.1, 0.15) is 27.1 Å². The molecule has 0 aliphatic carbocycles. The molecule has 0 fully saturated rings. The zero-order valence-electron chi connectivity index (χ0n) is 12.2. The highest BCUT2D eigenvalue weighted by Gasteiger charge is 2.18. The quantitative estimate of drug-likeness (QED) is 0.508. The van der Waals surface area contributed by atoms with Gasteiger partial charge in [-0.25, -0.2) is 0 Å². The first kappa shape index (κ1) is 16.9. The highest BCUT2D eigenvalue weighted by Crippen LogP contribution is 2.40. The van der Waals surface area contributed by atoms with Gasteiger partial charge in [-0.2, -0.15) is 0 Å². The minimum absolute atomic E-state index is 0.142. The van der Waals surface area contributed by atoms with E-state index in [4.69, 9.17) is 16.3 Å². The van der Waals surface area contributed by atoms with E-state index in [1.165, 1.54) is 16.7 Å². The summed E-state index contributed by atoms with van der Waals surface area (Å²) in [7, 11) is 1.68. The summed E-state index contributed by atoms with van der Waals surface area (Å²) in [6.07, 6.45) is 0.886. The number of aryl methyl sites for hydroxylation is 2. The van der Waals surface area contributed by atoms with Crippen LogP contribution in [0.3, 0.4) is 0 Å². The average Bonchev–Trinajstić information content (AvgIpc) is 2.42. The van der Waals surface area contributed by atoms with Crippen molar-refractivity contribution in [2.45, 2.75) is 25.1 Å². The van der Waals surface area contributed by atoms with Crippen molar-refractivity contribution in [1.29, 1.82) is 0 Å². The predicted octanol–water partition coefficient (Wildman–Crippen LogP) is 6.41. The lowest BCUT2D eigenvalue weighted by atomic mass is 9.98. The molecule has 0 amide bonds. The van der Waals surface area contributed by atoms with E-state index < -0.39 is 0 Å². The van der Waals surface area contributed by atoms with Gasteiger partial charge in [-0.1, -0.05) is 51.3 Å². The Labute approximate surface area is 147 Å². The van der Waals surface area contributed by atoms with E-state index >= 15 is 0 Å². The van der Waals surface area contributed by atoms with Crippen molar-refractivity contribution in [3.8, 4) is 5.75 Å². The predicted molar refractivity (Wildman–Crippen MR) is 97.0 cm³/mol. The Morgan fingerprint density at radius 3 is 2.57 bits per heavy atom. The Balaban J connectivity index is 2.36. The highest BCUT2D eigenvalue weighted by atomic mass is 79.9. The smallest absolute Gasteiger partial charge is 0.137 e. The normalized spacial score (nSPS) is 12.3. The molecule has 2 rings (SSSR count). The zero-order chi connectivity index (χ0) is 15.6. The fraction of sp³-hybridized carbons (Fsp3) is 0.294. The van der Waals surface area contributed by atoms with Crippen LogP contribution in [-0.4, -0.2) is 7.11 Å². The maximum Gasteiger partial charge on any atom is 0.137 e. The second-order valence-corrected chi connectivity index (χ2v) is 7.51. The van der Waals surface area contributed by atoms with Crippen LogP contribution in [0, 0.1) is 13.8 Å². The van der Waals surface area contributed by atoms with Gasteiger partial charge in [0.05, 0.1) is 11.6 Å². The van der Waals surface area contributed by atoms with E-state index in [1.54, 1.807) is 7.11 Å². The summed E-state index contributed by atoms with van der Waals surface area (Å²) >= 11 is 13.5. The third-order valence-electron chi connectivity index (χ3n) is 3.48. The summed E-state index contributed by atoms with van der Waals surface area (Å²) in [5.41, 5.74) is 4.95. The number of methoxy groups -OCH3 is 1. The molecule has 0 aliphatic rings. The molecule has 0 N–H and O–H groups in total. The number of alkyl halides is 1. The summed E-state index contributed by atoms with van der Waals surface area (Å²) in [5, 5.41) is 0.697. The van der Waals surface area contributed by atoms with Crippen LogP contribution in [0.15, 0.2) is 34.8 Å². The lowest BCUT2D eigenvalue weighted by Crippen LogP contribution is -2.01. The van der Waals surface area contributed by atoms with E-state index in [0.29, 0.717) is 5.02 Å². The lowest BCUT2D eigenvalue weighted by molar-refractivity contribution is 0.406. The minimum Gasteiger partial charge on any atom is -0.495 e. The van der Waals surface area contributed by atoms with Gasteiger partial charge in [-0.05, 0) is 59.5 Å². The minimum atomic E-state index is 0.142. The number of hydrogen-bond acceptors (Lipinski definition) is 1. The average molecular weight is 433 g/mol. The van der Waals surface area contributed by atoms with Gasteiger partial charge in [0.25, 0.3) is 0 Å². The topological polar surface area (TPSA) is 9.23 Å². The Bertz CT molecular complexity index is 655. The van der Waals surface area contributed by atoms with Crippen LogP contribution in [0.25, 0.3) is 0 Å². The fourth-order valence-electron chi connectivity index (χ4n) is 2.35. The molecular weight excluding hydrogens is 415 g/mol. The monoisotopic (exact) mass is 430 g/mol. The molecule has 0 saturated carbocycles. The Morgan fingerprint density at radius 2 is 1.90 bits per heavy atom. The van der Waals surface area contributed by atoms with Crippen molar-refractivity contribution in [3.63, 3.8) is 0 Å². The summed E-state index contributed by atoms with van der Waals surface area (Å²) in [4.78, 5) is 0.142. The summed E-state index contributed by atoms with van der Waals surface area (Å²) in [6.45, 7) is 4.25. The molecule has 4 heteroatoms. The fourth-order valence-corrected chi connectivity index (χ4v) is 4.04. The van der Waals surface area contributed by atoms with E-state index in [-0.39, 0.29) is 4.83 Å². The summed E-state index contributed by atoms with van der Waals surface area (Å²) < 4.78 is 6.38. The molecule has 1 nitrogen and oxygen atoms in total. The largest absolute Gasteiger partial charge is 0.495 e. The standard InChI is InChI=1S/C17H17Br2ClO/c1-10-4-5-11(2)12(6-10)7-15(18)14-8-13(20)9-16(19)17(14)21-3/h4-6,8-9,15H,7H2,1-3H3. The van der Waals surface area contributed by atoms with Crippen LogP contribution >= 0.6 is 43.5 Å². The third-order valence-corrected chi connectivity index (χ3v) is 5.11. The maximum atomic E-state index is 6.18. The molecule has 21 heavy (non-hydrogen) atoms. The molecule has 0 aliphatic heterocycles. The molecule has 0 heterocycles. The Hall–Kier alpha value is -0.510. The number of ether oxygens (including phenoxy) is 1. The van der Waals surface area contributed by atoms with Crippen molar-refractivity contribution in [1.82, 2.24) is 0 Å². The van der Waals surface area contributed by atoms with Gasteiger partial charge in [0, 0.05) is 15.4 Å². The molecular formula is C17H17Br2ClO. The Kier molecular flexibility index (Phi) is 5.75. The van der Waals surface area contributed by atoms with E-state index in [0.717, 1.165) is 22.2 Å². The molecule has 2 aromatic carbocycles. The first-order valence-electron chi connectivity index (χ1n) is 6.65. The Morgan fingerprint density at radius 1 is 1.19 bits per heavy atom. The van der Waals surface area contributed by atoms with E-state index in [9.17, 15) is 0 Å². The summed E-state index contributed by atoms with van der Waals surface area (Å²) in [6, 6.07) is 10.3. The van der Waals surface area contributed by atoms with Gasteiger partial charge in [-0.3, -0.25) is 0 Å². The van der Waals surface area contributed by atoms with Crippen molar-refractivity contribution in [3.05, 3.63) is 62.1 Å². The van der Waals surface area contributed by atoms with Gasteiger partial charge in [0.2, 0.25) is 0 Å². The molecule has 1 atom stereocenters. The first-order valence-corrected chi connectivity index (χ1v) is 8.74. The van der Waals surface area contributed by atoms with Crippen molar-refractivity contribution in [2.24, 2.45) is 0 Å². The number of hydrogen-bond donors (Lipinski definition) is 0. The van der Waals surface area contributed by atoms with Crippen LogP contribution < -0.4 is 4.74 Å². The summed E-state index contributed by atoms with van der Waals surface area (Å²) in [5.74, 6) is 0.826. The van der Waals surface area contributed by atoms with E-state index in [2.05, 4.69) is 63.9 Å². The lowest BCUT2D eigenvalue weighted by Gasteiger charge is -2.17. The second kappa shape index (κ2) is 7.17. The van der Waals surface area contributed by atoms with Crippen molar-refractivity contribution < 1.29 is 4.74 Å². The van der Waals surface area contributed by atoms with Gasteiger partial charge in [0.1, 0.15) is 5.75 Å². The van der Waals surface area contributed by atoms with Gasteiger partial charge < -0.3 is 4.74 Å². The molecule has 0 saturated heterocycles. The highest BCUT2D eigenvalue weighted by molar-refractivity contribution is 9.10.